The van der Waals surface area contributed by atoms with E-state index in [9.17, 15) is 4.79 Å². The summed E-state index contributed by atoms with van der Waals surface area (Å²) in [6, 6.07) is 9.15. The summed E-state index contributed by atoms with van der Waals surface area (Å²) in [6.45, 7) is 1.66. The molecule has 6 heteroatoms. The molecule has 2 aromatic rings. The van der Waals surface area contributed by atoms with E-state index in [4.69, 9.17) is 5.26 Å². The fourth-order valence-corrected chi connectivity index (χ4v) is 1.45. The maximum absolute atomic E-state index is 10.8. The lowest BCUT2D eigenvalue weighted by atomic mass is 10.3. The Morgan fingerprint density at radius 1 is 1.56 bits per heavy atom. The van der Waals surface area contributed by atoms with Crippen molar-refractivity contribution in [2.75, 3.05) is 6.54 Å². The molecular formula is C12H11N5O. The van der Waals surface area contributed by atoms with Gasteiger partial charge in [0.05, 0.1) is 16.7 Å². The molecule has 0 aliphatic rings. The topological polar surface area (TPSA) is 93.9 Å². The van der Waals surface area contributed by atoms with Crippen molar-refractivity contribution < 1.29 is 4.79 Å². The van der Waals surface area contributed by atoms with Gasteiger partial charge in [-0.3, -0.25) is 4.79 Å². The lowest BCUT2D eigenvalue weighted by molar-refractivity contribution is -0.113. The average Bonchev–Trinajstić information content (AvgIpc) is 2.82. The molecule has 0 aliphatic heterocycles. The van der Waals surface area contributed by atoms with E-state index in [1.807, 2.05) is 24.3 Å². The van der Waals surface area contributed by atoms with Crippen molar-refractivity contribution in [1.82, 2.24) is 15.4 Å². The lowest BCUT2D eigenvalue weighted by Gasteiger charge is -1.97. The van der Waals surface area contributed by atoms with Gasteiger partial charge in [-0.25, -0.2) is 4.98 Å². The Morgan fingerprint density at radius 3 is 3.06 bits per heavy atom. The van der Waals surface area contributed by atoms with Crippen molar-refractivity contribution in [3.8, 4) is 6.07 Å². The summed E-state index contributed by atoms with van der Waals surface area (Å²) in [5, 5.41) is 12.3. The second-order valence-corrected chi connectivity index (χ2v) is 3.67. The number of rotatable bonds is 4. The van der Waals surface area contributed by atoms with Gasteiger partial charge in [-0.1, -0.05) is 12.1 Å². The molecule has 2 N–H and O–H groups in total. The van der Waals surface area contributed by atoms with Crippen molar-refractivity contribution in [2.24, 2.45) is 5.10 Å². The molecule has 6 nitrogen and oxygen atoms in total. The molecule has 2 rings (SSSR count). The highest BCUT2D eigenvalue weighted by atomic mass is 16.1. The zero-order valence-electron chi connectivity index (χ0n) is 9.77. The highest BCUT2D eigenvalue weighted by molar-refractivity contribution is 5.98. The van der Waals surface area contributed by atoms with E-state index in [1.54, 1.807) is 6.92 Å². The number of hydrogen-bond donors (Lipinski definition) is 2. The number of Topliss-reactive ketones (excluding diaryl/α,β-unsaturated/α-hetero) is 1. The van der Waals surface area contributed by atoms with Crippen LogP contribution in [0.4, 0.5) is 0 Å². The number of fused-ring (bicyclic) bond motifs is 1. The number of para-hydroxylation sites is 2. The highest BCUT2D eigenvalue weighted by Crippen LogP contribution is 2.10. The first-order valence-corrected chi connectivity index (χ1v) is 5.36. The van der Waals surface area contributed by atoms with E-state index in [-0.39, 0.29) is 6.54 Å². The number of nitriles is 1. The summed E-state index contributed by atoms with van der Waals surface area (Å²) in [5.74, 6) is 0.0734. The summed E-state index contributed by atoms with van der Waals surface area (Å²) >= 11 is 0. The largest absolute Gasteiger partial charge is 0.337 e. The zero-order valence-corrected chi connectivity index (χ0v) is 9.77. The van der Waals surface area contributed by atoms with Crippen molar-refractivity contribution in [2.45, 2.75) is 6.92 Å². The molecule has 0 aliphatic carbocycles. The van der Waals surface area contributed by atoms with E-state index in [0.717, 1.165) is 11.0 Å². The van der Waals surface area contributed by atoms with Crippen LogP contribution in [0.2, 0.25) is 0 Å². The minimum absolute atomic E-state index is 0.103. The zero-order chi connectivity index (χ0) is 13.0. The van der Waals surface area contributed by atoms with Crippen LogP contribution in [0.1, 0.15) is 12.7 Å². The van der Waals surface area contributed by atoms with Gasteiger partial charge < -0.3 is 10.4 Å². The van der Waals surface area contributed by atoms with Gasteiger partial charge in [0.25, 0.3) is 5.78 Å². The average molecular weight is 241 g/mol. The standard InChI is InChI=1S/C12H11N5O/c1-8(17-14-7-9(18)6-13)12-15-10-4-2-3-5-11(10)16-12/h2-5,14H,7H2,1H3,(H,15,16). The predicted octanol–water partition coefficient (Wildman–Crippen LogP) is 0.969. The summed E-state index contributed by atoms with van der Waals surface area (Å²) in [5.41, 5.74) is 4.94. The van der Waals surface area contributed by atoms with E-state index >= 15 is 0 Å². The van der Waals surface area contributed by atoms with Crippen molar-refractivity contribution in [3.05, 3.63) is 30.1 Å². The molecule has 0 fully saturated rings. The van der Waals surface area contributed by atoms with Gasteiger partial charge in [-0.15, -0.1) is 0 Å². The number of carbonyl (C=O) groups excluding carboxylic acids is 1. The van der Waals surface area contributed by atoms with Crippen LogP contribution in [-0.4, -0.2) is 28.0 Å². The molecule has 0 saturated carbocycles. The molecule has 0 bridgehead atoms. The maximum Gasteiger partial charge on any atom is 0.252 e. The van der Waals surface area contributed by atoms with Gasteiger partial charge >= 0.3 is 0 Å². The number of aromatic nitrogens is 2. The van der Waals surface area contributed by atoms with E-state index in [0.29, 0.717) is 11.5 Å². The Balaban J connectivity index is 2.13. The number of hydrogen-bond acceptors (Lipinski definition) is 5. The Labute approximate surface area is 103 Å². The van der Waals surface area contributed by atoms with E-state index in [2.05, 4.69) is 20.5 Å². The molecule has 1 heterocycles. The molecule has 1 aromatic carbocycles. The second kappa shape index (κ2) is 5.10. The van der Waals surface area contributed by atoms with Gasteiger partial charge in [0.2, 0.25) is 0 Å². The molecule has 0 amide bonds. The van der Waals surface area contributed by atoms with Crippen LogP contribution < -0.4 is 5.43 Å². The van der Waals surface area contributed by atoms with Crippen LogP contribution in [0.25, 0.3) is 11.0 Å². The fraction of sp³-hybridized carbons (Fsp3) is 0.167. The third kappa shape index (κ3) is 2.52. The number of aromatic amines is 1. The SMILES string of the molecule is CC(=NNCC(=O)C#N)c1nc2ccccc2[nH]1. The first kappa shape index (κ1) is 11.8. The van der Waals surface area contributed by atoms with Gasteiger partial charge in [0.15, 0.2) is 5.82 Å². The second-order valence-electron chi connectivity index (χ2n) is 3.67. The highest BCUT2D eigenvalue weighted by Gasteiger charge is 2.05. The molecule has 0 unspecified atom stereocenters. The van der Waals surface area contributed by atoms with Crippen LogP contribution in [0, 0.1) is 11.3 Å². The number of H-pyrrole nitrogens is 1. The Hall–Kier alpha value is -2.68. The van der Waals surface area contributed by atoms with Crippen LogP contribution in [0.3, 0.4) is 0 Å². The molecule has 0 atom stereocenters. The molecule has 18 heavy (non-hydrogen) atoms. The van der Waals surface area contributed by atoms with E-state index < -0.39 is 5.78 Å². The Morgan fingerprint density at radius 2 is 2.33 bits per heavy atom. The molecule has 0 spiro atoms. The third-order valence-corrected chi connectivity index (χ3v) is 2.34. The third-order valence-electron chi connectivity index (χ3n) is 2.34. The summed E-state index contributed by atoms with van der Waals surface area (Å²) < 4.78 is 0. The van der Waals surface area contributed by atoms with Crippen LogP contribution in [0.5, 0.6) is 0 Å². The number of nitrogens with zero attached hydrogens (tertiary/aromatic N) is 3. The fourth-order valence-electron chi connectivity index (χ4n) is 1.45. The smallest absolute Gasteiger partial charge is 0.252 e. The number of carbonyl (C=O) groups is 1. The van der Waals surface area contributed by atoms with E-state index in [1.165, 1.54) is 6.07 Å². The van der Waals surface area contributed by atoms with Crippen molar-refractivity contribution in [1.29, 1.82) is 5.26 Å². The Bertz CT molecular complexity index is 617. The predicted molar refractivity (Wildman–Crippen MR) is 66.9 cm³/mol. The number of ketones is 1. The number of benzene rings is 1. The maximum atomic E-state index is 10.8. The first-order valence-electron chi connectivity index (χ1n) is 5.36. The van der Waals surface area contributed by atoms with Gasteiger partial charge in [-0.2, -0.15) is 10.4 Å². The van der Waals surface area contributed by atoms with Crippen molar-refractivity contribution >= 4 is 22.5 Å². The quantitative estimate of drug-likeness (QED) is 0.473. The molecule has 0 radical (unpaired) electrons. The minimum atomic E-state index is -0.559. The number of hydrazone groups is 1. The minimum Gasteiger partial charge on any atom is -0.337 e. The lowest BCUT2D eigenvalue weighted by Crippen LogP contribution is -2.18. The van der Waals surface area contributed by atoms with Gasteiger partial charge in [0, 0.05) is 0 Å². The summed E-state index contributed by atoms with van der Waals surface area (Å²) in [6.07, 6.45) is 0. The molecular weight excluding hydrogens is 230 g/mol. The molecule has 1 aromatic heterocycles. The van der Waals surface area contributed by atoms with Gasteiger partial charge in [-0.05, 0) is 19.1 Å². The summed E-state index contributed by atoms with van der Waals surface area (Å²) in [7, 11) is 0. The Kier molecular flexibility index (Phi) is 3.34. The molecule has 0 saturated heterocycles. The monoisotopic (exact) mass is 241 g/mol. The number of nitrogens with one attached hydrogen (secondary N) is 2. The van der Waals surface area contributed by atoms with Crippen LogP contribution in [0.15, 0.2) is 29.4 Å². The molecule has 90 valence electrons. The van der Waals surface area contributed by atoms with Crippen LogP contribution >= 0.6 is 0 Å². The summed E-state index contributed by atoms with van der Waals surface area (Å²) in [4.78, 5) is 18.2. The van der Waals surface area contributed by atoms with Gasteiger partial charge in [0.1, 0.15) is 12.6 Å². The number of imidazole rings is 1. The van der Waals surface area contributed by atoms with Crippen LogP contribution in [-0.2, 0) is 4.79 Å². The first-order chi connectivity index (χ1) is 8.70. The van der Waals surface area contributed by atoms with Crippen molar-refractivity contribution in [3.63, 3.8) is 0 Å². The normalized spacial score (nSPS) is 11.2.